The van der Waals surface area contributed by atoms with Gasteiger partial charge in [0.25, 0.3) is 0 Å². The highest BCUT2D eigenvalue weighted by Crippen LogP contribution is 2.29. The van der Waals surface area contributed by atoms with Gasteiger partial charge in [-0.25, -0.2) is 13.4 Å². The molecule has 4 rings (SSSR count). The van der Waals surface area contributed by atoms with Crippen molar-refractivity contribution < 1.29 is 13.2 Å². The van der Waals surface area contributed by atoms with Gasteiger partial charge >= 0.3 is 0 Å². The molecule has 0 radical (unpaired) electrons. The molecule has 3 aromatic rings. The standard InChI is InChI=1S/C20H22ClN3O3S2/c1-2-24-19-8-7-17(29(25,26)23-9-11-27-12-10-23)13-18(19)22-20(24)28-14-15-3-5-16(21)6-4-15/h3-8,13H,2,9-12,14H2,1H3. The zero-order valence-electron chi connectivity index (χ0n) is 16.0. The summed E-state index contributed by atoms with van der Waals surface area (Å²) in [5, 5.41) is 1.59. The van der Waals surface area contributed by atoms with Crippen LogP contribution < -0.4 is 0 Å². The Balaban J connectivity index is 1.62. The van der Waals surface area contributed by atoms with Crippen molar-refractivity contribution in [3.8, 4) is 0 Å². The molecular formula is C20H22ClN3O3S2. The van der Waals surface area contributed by atoms with Gasteiger partial charge in [0.05, 0.1) is 29.1 Å². The monoisotopic (exact) mass is 451 g/mol. The number of halogens is 1. The van der Waals surface area contributed by atoms with Gasteiger partial charge in [-0.2, -0.15) is 4.31 Å². The smallest absolute Gasteiger partial charge is 0.243 e. The van der Waals surface area contributed by atoms with E-state index >= 15 is 0 Å². The minimum atomic E-state index is -3.54. The van der Waals surface area contributed by atoms with Crippen LogP contribution in [0.5, 0.6) is 0 Å². The maximum atomic E-state index is 13.0. The SMILES string of the molecule is CCn1c(SCc2ccc(Cl)cc2)nc2cc(S(=O)(=O)N3CCOCC3)ccc21. The number of benzene rings is 2. The Kier molecular flexibility index (Phi) is 6.17. The number of ether oxygens (including phenoxy) is 1. The predicted octanol–water partition coefficient (Wildman–Crippen LogP) is 4.02. The van der Waals surface area contributed by atoms with Crippen LogP contribution in [0.25, 0.3) is 11.0 Å². The Bertz CT molecular complexity index is 1110. The number of imidazole rings is 1. The topological polar surface area (TPSA) is 64.4 Å². The molecule has 0 atom stereocenters. The van der Waals surface area contributed by atoms with Crippen molar-refractivity contribution in [1.29, 1.82) is 0 Å². The van der Waals surface area contributed by atoms with Gasteiger partial charge in [-0.1, -0.05) is 35.5 Å². The molecule has 1 saturated heterocycles. The van der Waals surface area contributed by atoms with Crippen molar-refractivity contribution in [2.45, 2.75) is 29.3 Å². The molecule has 2 heterocycles. The number of thioether (sulfide) groups is 1. The Morgan fingerprint density at radius 2 is 1.86 bits per heavy atom. The van der Waals surface area contributed by atoms with Gasteiger partial charge in [0, 0.05) is 30.4 Å². The largest absolute Gasteiger partial charge is 0.379 e. The van der Waals surface area contributed by atoms with Crippen LogP contribution in [0.2, 0.25) is 5.02 Å². The van der Waals surface area contributed by atoms with Crippen molar-refractivity contribution >= 4 is 44.4 Å². The molecule has 1 fully saturated rings. The van der Waals surface area contributed by atoms with Crippen LogP contribution in [0.3, 0.4) is 0 Å². The summed E-state index contributed by atoms with van der Waals surface area (Å²) in [4.78, 5) is 5.01. The molecule has 0 bridgehead atoms. The second-order valence-electron chi connectivity index (χ2n) is 6.72. The quantitative estimate of drug-likeness (QED) is 0.529. The number of sulfonamides is 1. The zero-order valence-corrected chi connectivity index (χ0v) is 18.4. The van der Waals surface area contributed by atoms with Crippen LogP contribution >= 0.6 is 23.4 Å². The first-order valence-corrected chi connectivity index (χ1v) is 12.2. The molecule has 1 aromatic heterocycles. The van der Waals surface area contributed by atoms with Crippen LogP contribution in [-0.4, -0.2) is 48.6 Å². The van der Waals surface area contributed by atoms with E-state index in [2.05, 4.69) is 11.5 Å². The first-order chi connectivity index (χ1) is 14.0. The molecule has 154 valence electrons. The molecule has 6 nitrogen and oxygen atoms in total. The van der Waals surface area contributed by atoms with Crippen LogP contribution in [0.4, 0.5) is 0 Å². The lowest BCUT2D eigenvalue weighted by Gasteiger charge is -2.26. The zero-order chi connectivity index (χ0) is 20.4. The summed E-state index contributed by atoms with van der Waals surface area (Å²) >= 11 is 7.59. The van der Waals surface area contributed by atoms with Gasteiger partial charge in [-0.05, 0) is 42.8 Å². The number of morpholine rings is 1. The number of aryl methyl sites for hydroxylation is 1. The van der Waals surface area contributed by atoms with Gasteiger partial charge in [0.15, 0.2) is 5.16 Å². The Morgan fingerprint density at radius 3 is 2.55 bits per heavy atom. The van der Waals surface area contributed by atoms with Crippen LogP contribution in [-0.2, 0) is 27.1 Å². The highest BCUT2D eigenvalue weighted by atomic mass is 35.5. The first-order valence-electron chi connectivity index (χ1n) is 9.44. The summed E-state index contributed by atoms with van der Waals surface area (Å²) in [6, 6.07) is 13.0. The van der Waals surface area contributed by atoms with E-state index in [1.807, 2.05) is 30.3 Å². The van der Waals surface area contributed by atoms with Crippen molar-refractivity contribution in [1.82, 2.24) is 13.9 Å². The molecule has 0 spiro atoms. The first kappa shape index (κ1) is 20.7. The van der Waals surface area contributed by atoms with E-state index < -0.39 is 10.0 Å². The summed E-state index contributed by atoms with van der Waals surface area (Å²) in [5.41, 5.74) is 2.79. The Labute approximate surface area is 179 Å². The van der Waals surface area contributed by atoms with E-state index in [4.69, 9.17) is 21.3 Å². The molecule has 0 N–H and O–H groups in total. The minimum Gasteiger partial charge on any atom is -0.379 e. The normalized spacial score (nSPS) is 15.8. The lowest BCUT2D eigenvalue weighted by Crippen LogP contribution is -2.40. The third kappa shape index (κ3) is 4.32. The highest BCUT2D eigenvalue weighted by molar-refractivity contribution is 7.98. The van der Waals surface area contributed by atoms with E-state index in [0.717, 1.165) is 28.5 Å². The molecule has 0 saturated carbocycles. The van der Waals surface area contributed by atoms with Crippen molar-refractivity contribution in [3.05, 3.63) is 53.1 Å². The molecule has 0 unspecified atom stereocenters. The average molecular weight is 452 g/mol. The molecule has 0 amide bonds. The van der Waals surface area contributed by atoms with Crippen LogP contribution in [0.1, 0.15) is 12.5 Å². The summed E-state index contributed by atoms with van der Waals surface area (Å²) in [6.07, 6.45) is 0. The van der Waals surface area contributed by atoms with E-state index in [-0.39, 0.29) is 4.90 Å². The van der Waals surface area contributed by atoms with Crippen molar-refractivity contribution in [3.63, 3.8) is 0 Å². The van der Waals surface area contributed by atoms with Crippen LogP contribution in [0, 0.1) is 0 Å². The van der Waals surface area contributed by atoms with E-state index in [0.29, 0.717) is 36.8 Å². The van der Waals surface area contributed by atoms with Gasteiger partial charge in [0.1, 0.15) is 0 Å². The van der Waals surface area contributed by atoms with E-state index in [9.17, 15) is 8.42 Å². The van der Waals surface area contributed by atoms with Gasteiger partial charge in [0.2, 0.25) is 10.0 Å². The second kappa shape index (κ2) is 8.65. The average Bonchev–Trinajstić information content (AvgIpc) is 3.10. The number of nitrogens with zero attached hydrogens (tertiary/aromatic N) is 3. The fourth-order valence-electron chi connectivity index (χ4n) is 3.33. The summed E-state index contributed by atoms with van der Waals surface area (Å²) in [5.74, 6) is 0.763. The second-order valence-corrected chi connectivity index (χ2v) is 10.0. The van der Waals surface area contributed by atoms with Crippen molar-refractivity contribution in [2.75, 3.05) is 26.3 Å². The molecule has 0 aliphatic carbocycles. The Hall–Kier alpha value is -1.58. The number of fused-ring (bicyclic) bond motifs is 1. The maximum Gasteiger partial charge on any atom is 0.243 e. The van der Waals surface area contributed by atoms with E-state index in [1.54, 1.807) is 23.9 Å². The minimum absolute atomic E-state index is 0.280. The third-order valence-corrected chi connectivity index (χ3v) is 8.08. The molecule has 2 aromatic carbocycles. The fraction of sp³-hybridized carbons (Fsp3) is 0.350. The van der Waals surface area contributed by atoms with Gasteiger partial charge < -0.3 is 9.30 Å². The maximum absolute atomic E-state index is 13.0. The molecule has 1 aliphatic heterocycles. The third-order valence-electron chi connectivity index (χ3n) is 4.89. The lowest BCUT2D eigenvalue weighted by atomic mass is 10.2. The summed E-state index contributed by atoms with van der Waals surface area (Å²) in [7, 11) is -3.54. The number of hydrogen-bond acceptors (Lipinski definition) is 5. The lowest BCUT2D eigenvalue weighted by molar-refractivity contribution is 0.0730. The summed E-state index contributed by atoms with van der Waals surface area (Å²) in [6.45, 7) is 4.44. The molecule has 9 heteroatoms. The van der Waals surface area contributed by atoms with Crippen molar-refractivity contribution in [2.24, 2.45) is 0 Å². The number of hydrogen-bond donors (Lipinski definition) is 0. The number of aromatic nitrogens is 2. The number of rotatable bonds is 6. The van der Waals surface area contributed by atoms with Gasteiger partial charge in [-0.15, -0.1) is 0 Å². The highest BCUT2D eigenvalue weighted by Gasteiger charge is 2.27. The van der Waals surface area contributed by atoms with Gasteiger partial charge in [-0.3, -0.25) is 0 Å². The molecule has 29 heavy (non-hydrogen) atoms. The molecule has 1 aliphatic rings. The van der Waals surface area contributed by atoms with E-state index in [1.165, 1.54) is 4.31 Å². The van der Waals surface area contributed by atoms with Crippen LogP contribution in [0.15, 0.2) is 52.5 Å². The molecular weight excluding hydrogens is 430 g/mol. The predicted molar refractivity (Wildman–Crippen MR) is 116 cm³/mol. The fourth-order valence-corrected chi connectivity index (χ4v) is 5.92. The summed E-state index contributed by atoms with van der Waals surface area (Å²) < 4.78 is 34.8. The Morgan fingerprint density at radius 1 is 1.14 bits per heavy atom.